The van der Waals surface area contributed by atoms with E-state index in [0.717, 1.165) is 33.5 Å². The van der Waals surface area contributed by atoms with E-state index in [9.17, 15) is 9.59 Å². The fourth-order valence-corrected chi connectivity index (χ4v) is 4.36. The summed E-state index contributed by atoms with van der Waals surface area (Å²) >= 11 is 0. The third kappa shape index (κ3) is 2.10. The molecule has 0 radical (unpaired) electrons. The van der Waals surface area contributed by atoms with Gasteiger partial charge in [0.25, 0.3) is 0 Å². The highest BCUT2D eigenvalue weighted by Crippen LogP contribution is 2.21. The van der Waals surface area contributed by atoms with Crippen molar-refractivity contribution in [3.63, 3.8) is 0 Å². The molecule has 0 saturated carbocycles. The average molecular weight is 356 g/mol. The van der Waals surface area contributed by atoms with Crippen molar-refractivity contribution in [2.45, 2.75) is 13.3 Å². The number of para-hydroxylation sites is 1. The van der Waals surface area contributed by atoms with Gasteiger partial charge in [0.1, 0.15) is 0 Å². The van der Waals surface area contributed by atoms with Crippen molar-refractivity contribution in [1.29, 1.82) is 0 Å². The maximum Gasteiger partial charge on any atom is 0.197 e. The molecule has 4 heteroatoms. The van der Waals surface area contributed by atoms with Crippen LogP contribution >= 0.6 is 0 Å². The number of hydrogen-bond donors (Lipinski definition) is 0. The van der Waals surface area contributed by atoms with Gasteiger partial charge in [0.05, 0.1) is 16.6 Å². The molecule has 134 valence electrons. The predicted octanol–water partition coefficient (Wildman–Crippen LogP) is 2.14. The number of benzene rings is 2. The molecule has 1 aliphatic carbocycles. The summed E-state index contributed by atoms with van der Waals surface area (Å²) in [6, 6.07) is 11.4. The zero-order chi connectivity index (χ0) is 18.9. The minimum absolute atomic E-state index is 0.00920. The number of rotatable bonds is 0. The Morgan fingerprint density at radius 3 is 2.30 bits per heavy atom. The molecule has 4 aromatic rings. The van der Waals surface area contributed by atoms with Crippen LogP contribution in [0.15, 0.2) is 46.0 Å². The Hall–Kier alpha value is -3.14. The SMILES string of the molecule is C[C@H]1C=c2c(=O)c3cc4c(cc3n(C)c2=CC1)c(=O)c1ccccc1n4C. The molecule has 5 rings (SSSR count). The number of aryl methyl sites for hydroxylation is 2. The summed E-state index contributed by atoms with van der Waals surface area (Å²) in [6.45, 7) is 2.12. The second-order valence-electron chi connectivity index (χ2n) is 7.56. The first-order chi connectivity index (χ1) is 13.0. The monoisotopic (exact) mass is 356 g/mol. The highest BCUT2D eigenvalue weighted by Gasteiger charge is 2.15. The standard InChI is InChI=1S/C23H20N2O2/c1-13-8-9-19-15(10-13)23(27)17-12-20-16(11-21(17)25(19)3)22(26)14-6-4-5-7-18(14)24(20)2/h4-7,9-13H,8H2,1-3H3/t13-/m1/s1. The molecule has 0 amide bonds. The van der Waals surface area contributed by atoms with Gasteiger partial charge in [-0.05, 0) is 36.6 Å². The zero-order valence-corrected chi connectivity index (χ0v) is 15.6. The van der Waals surface area contributed by atoms with Gasteiger partial charge in [-0.3, -0.25) is 9.59 Å². The van der Waals surface area contributed by atoms with Crippen molar-refractivity contribution in [1.82, 2.24) is 9.13 Å². The first-order valence-corrected chi connectivity index (χ1v) is 9.23. The minimum Gasteiger partial charge on any atom is -0.344 e. The lowest BCUT2D eigenvalue weighted by molar-refractivity contribution is 0.778. The molecular weight excluding hydrogens is 336 g/mol. The summed E-state index contributed by atoms with van der Waals surface area (Å²) in [5.74, 6) is 0.358. The molecule has 27 heavy (non-hydrogen) atoms. The van der Waals surface area contributed by atoms with E-state index in [1.807, 2.05) is 59.6 Å². The molecule has 0 bridgehead atoms. The van der Waals surface area contributed by atoms with E-state index in [1.165, 1.54) is 0 Å². The first kappa shape index (κ1) is 16.1. The smallest absolute Gasteiger partial charge is 0.197 e. The summed E-state index contributed by atoms with van der Waals surface area (Å²) in [5.41, 5.74) is 2.52. The molecule has 1 aliphatic rings. The third-order valence-corrected chi connectivity index (χ3v) is 5.85. The second kappa shape index (κ2) is 5.43. The second-order valence-corrected chi connectivity index (χ2v) is 7.56. The van der Waals surface area contributed by atoms with Crippen LogP contribution in [0.25, 0.3) is 44.9 Å². The van der Waals surface area contributed by atoms with Gasteiger partial charge in [0.2, 0.25) is 0 Å². The molecule has 0 N–H and O–H groups in total. The number of aromatic nitrogens is 2. The maximum absolute atomic E-state index is 13.2. The van der Waals surface area contributed by atoms with E-state index in [1.54, 1.807) is 0 Å². The molecular formula is C23H20N2O2. The summed E-state index contributed by atoms with van der Waals surface area (Å²) in [7, 11) is 3.92. The van der Waals surface area contributed by atoms with E-state index in [-0.39, 0.29) is 10.9 Å². The van der Waals surface area contributed by atoms with Crippen molar-refractivity contribution in [3.8, 4) is 0 Å². The lowest BCUT2D eigenvalue weighted by Crippen LogP contribution is -2.46. The molecule has 4 nitrogen and oxygen atoms in total. The van der Waals surface area contributed by atoms with Gasteiger partial charge in [-0.2, -0.15) is 0 Å². The number of pyridine rings is 2. The van der Waals surface area contributed by atoms with Gasteiger partial charge in [0, 0.05) is 40.8 Å². The Morgan fingerprint density at radius 1 is 0.852 bits per heavy atom. The van der Waals surface area contributed by atoms with Gasteiger partial charge in [-0.1, -0.05) is 31.2 Å². The fraction of sp³-hybridized carbons (Fsp3) is 0.217. The van der Waals surface area contributed by atoms with Crippen LogP contribution in [0.2, 0.25) is 0 Å². The van der Waals surface area contributed by atoms with Crippen molar-refractivity contribution >= 4 is 44.9 Å². The molecule has 2 aromatic heterocycles. The van der Waals surface area contributed by atoms with Crippen molar-refractivity contribution in [3.05, 3.63) is 67.4 Å². The largest absolute Gasteiger partial charge is 0.344 e. The van der Waals surface area contributed by atoms with Gasteiger partial charge >= 0.3 is 0 Å². The number of nitrogens with zero attached hydrogens (tertiary/aromatic N) is 2. The normalized spacial score (nSPS) is 16.3. The molecule has 1 atom stereocenters. The minimum atomic E-state index is 0.00920. The van der Waals surface area contributed by atoms with Gasteiger partial charge < -0.3 is 9.13 Å². The van der Waals surface area contributed by atoms with Crippen LogP contribution in [-0.2, 0) is 14.1 Å². The quantitative estimate of drug-likeness (QED) is 0.453. The van der Waals surface area contributed by atoms with E-state index < -0.39 is 0 Å². The Balaban J connectivity index is 2.09. The van der Waals surface area contributed by atoms with Crippen LogP contribution in [0.1, 0.15) is 13.3 Å². The van der Waals surface area contributed by atoms with Crippen LogP contribution in [0.5, 0.6) is 0 Å². The molecule has 0 fully saturated rings. The van der Waals surface area contributed by atoms with Crippen molar-refractivity contribution in [2.75, 3.05) is 0 Å². The summed E-state index contributed by atoms with van der Waals surface area (Å²) in [5, 5.41) is 3.72. The molecule has 2 aromatic carbocycles. The summed E-state index contributed by atoms with van der Waals surface area (Å²) in [4.78, 5) is 26.3. The van der Waals surface area contributed by atoms with E-state index in [2.05, 4.69) is 19.1 Å². The average Bonchev–Trinajstić information content (AvgIpc) is 2.69. The van der Waals surface area contributed by atoms with Crippen molar-refractivity contribution in [2.24, 2.45) is 20.0 Å². The van der Waals surface area contributed by atoms with Crippen molar-refractivity contribution < 1.29 is 0 Å². The highest BCUT2D eigenvalue weighted by molar-refractivity contribution is 6.00. The Morgan fingerprint density at radius 2 is 1.52 bits per heavy atom. The van der Waals surface area contributed by atoms with Crippen LogP contribution in [0, 0.1) is 5.92 Å². The zero-order valence-electron chi connectivity index (χ0n) is 15.6. The number of hydrogen-bond acceptors (Lipinski definition) is 2. The van der Waals surface area contributed by atoms with E-state index >= 15 is 0 Å². The van der Waals surface area contributed by atoms with Crippen LogP contribution in [-0.4, -0.2) is 9.13 Å². The Bertz CT molecular complexity index is 1520. The van der Waals surface area contributed by atoms with Gasteiger partial charge in [-0.15, -0.1) is 0 Å². The summed E-state index contributed by atoms with van der Waals surface area (Å²) < 4.78 is 4.05. The van der Waals surface area contributed by atoms with Crippen LogP contribution in [0.3, 0.4) is 0 Å². The lowest BCUT2D eigenvalue weighted by Gasteiger charge is -2.15. The Labute approximate surface area is 155 Å². The topological polar surface area (TPSA) is 44.0 Å². The lowest BCUT2D eigenvalue weighted by atomic mass is 9.99. The summed E-state index contributed by atoms with van der Waals surface area (Å²) in [6.07, 6.45) is 5.12. The van der Waals surface area contributed by atoms with Gasteiger partial charge in [-0.25, -0.2) is 0 Å². The van der Waals surface area contributed by atoms with E-state index in [4.69, 9.17) is 0 Å². The molecule has 0 saturated heterocycles. The third-order valence-electron chi connectivity index (χ3n) is 5.85. The van der Waals surface area contributed by atoms with E-state index in [0.29, 0.717) is 22.1 Å². The van der Waals surface area contributed by atoms with Gasteiger partial charge in [0.15, 0.2) is 10.9 Å². The first-order valence-electron chi connectivity index (χ1n) is 9.23. The molecule has 0 aliphatic heterocycles. The molecule has 0 unspecified atom stereocenters. The maximum atomic E-state index is 13.2. The Kier molecular flexibility index (Phi) is 3.23. The molecule has 0 spiro atoms. The van der Waals surface area contributed by atoms with Crippen LogP contribution < -0.4 is 21.4 Å². The predicted molar refractivity (Wildman–Crippen MR) is 111 cm³/mol. The molecule has 2 heterocycles. The number of fused-ring (bicyclic) bond motifs is 4. The fourth-order valence-electron chi connectivity index (χ4n) is 4.36. The van der Waals surface area contributed by atoms with Crippen LogP contribution in [0.4, 0.5) is 0 Å². The highest BCUT2D eigenvalue weighted by atomic mass is 16.1.